The Labute approximate surface area is 128 Å². The molecule has 0 aromatic heterocycles. The van der Waals surface area contributed by atoms with Crippen LogP contribution in [0.4, 0.5) is 5.69 Å². The van der Waals surface area contributed by atoms with Gasteiger partial charge in [0.1, 0.15) is 4.90 Å². The van der Waals surface area contributed by atoms with Crippen molar-refractivity contribution in [2.45, 2.75) is 18.0 Å². The van der Waals surface area contributed by atoms with Gasteiger partial charge in [0.15, 0.2) is 0 Å². The van der Waals surface area contributed by atoms with Crippen molar-refractivity contribution >= 4 is 27.3 Å². The van der Waals surface area contributed by atoms with Gasteiger partial charge in [0, 0.05) is 12.2 Å². The SMILES string of the molecule is Nc1ccc(S(=O)(=O)NCc2cccc(CO)c2)c(Cl)c1. The summed E-state index contributed by atoms with van der Waals surface area (Å²) in [5.41, 5.74) is 7.41. The first-order chi connectivity index (χ1) is 9.92. The number of sulfonamides is 1. The molecule has 0 spiro atoms. The molecule has 0 amide bonds. The first-order valence-corrected chi connectivity index (χ1v) is 8.02. The van der Waals surface area contributed by atoms with E-state index < -0.39 is 10.0 Å². The molecule has 5 nitrogen and oxygen atoms in total. The number of halogens is 1. The van der Waals surface area contributed by atoms with Crippen molar-refractivity contribution in [3.05, 3.63) is 58.6 Å². The molecule has 112 valence electrons. The highest BCUT2D eigenvalue weighted by molar-refractivity contribution is 7.89. The molecule has 0 aliphatic heterocycles. The summed E-state index contributed by atoms with van der Waals surface area (Å²) >= 11 is 5.91. The van der Waals surface area contributed by atoms with E-state index in [0.717, 1.165) is 11.1 Å². The Morgan fingerprint density at radius 3 is 2.52 bits per heavy atom. The Morgan fingerprint density at radius 1 is 1.14 bits per heavy atom. The van der Waals surface area contributed by atoms with Gasteiger partial charge < -0.3 is 10.8 Å². The van der Waals surface area contributed by atoms with E-state index >= 15 is 0 Å². The van der Waals surface area contributed by atoms with Gasteiger partial charge in [-0.1, -0.05) is 35.9 Å². The zero-order valence-corrected chi connectivity index (χ0v) is 12.7. The molecular weight excluding hydrogens is 312 g/mol. The van der Waals surface area contributed by atoms with Crippen LogP contribution in [0.2, 0.25) is 5.02 Å². The lowest BCUT2D eigenvalue weighted by molar-refractivity contribution is 0.281. The molecule has 7 heteroatoms. The average Bonchev–Trinajstić information content (AvgIpc) is 2.45. The maximum absolute atomic E-state index is 12.2. The van der Waals surface area contributed by atoms with Crippen molar-refractivity contribution in [1.82, 2.24) is 4.72 Å². The molecular formula is C14H15ClN2O3S. The number of aliphatic hydroxyl groups excluding tert-OH is 1. The standard InChI is InChI=1S/C14H15ClN2O3S/c15-13-7-12(16)4-5-14(13)21(19,20)17-8-10-2-1-3-11(6-10)9-18/h1-7,17-18H,8-9,16H2. The first-order valence-electron chi connectivity index (χ1n) is 6.16. The molecule has 0 aliphatic carbocycles. The lowest BCUT2D eigenvalue weighted by Gasteiger charge is -2.09. The second-order valence-electron chi connectivity index (χ2n) is 4.49. The number of rotatable bonds is 5. The molecule has 2 aromatic carbocycles. The number of hydrogen-bond donors (Lipinski definition) is 3. The minimum absolute atomic E-state index is 0.0170. The van der Waals surface area contributed by atoms with Gasteiger partial charge in [-0.3, -0.25) is 0 Å². The summed E-state index contributed by atoms with van der Waals surface area (Å²) in [6.07, 6.45) is 0. The van der Waals surface area contributed by atoms with E-state index in [1.165, 1.54) is 18.2 Å². The van der Waals surface area contributed by atoms with Crippen LogP contribution in [-0.4, -0.2) is 13.5 Å². The van der Waals surface area contributed by atoms with Gasteiger partial charge in [-0.15, -0.1) is 0 Å². The number of aliphatic hydroxyl groups is 1. The summed E-state index contributed by atoms with van der Waals surface area (Å²) in [4.78, 5) is -0.0170. The molecule has 0 atom stereocenters. The van der Waals surface area contributed by atoms with Crippen LogP contribution in [0.3, 0.4) is 0 Å². The molecule has 2 aromatic rings. The van der Waals surface area contributed by atoms with Gasteiger partial charge >= 0.3 is 0 Å². The second-order valence-corrected chi connectivity index (χ2v) is 6.64. The van der Waals surface area contributed by atoms with Crippen molar-refractivity contribution in [3.63, 3.8) is 0 Å². The highest BCUT2D eigenvalue weighted by atomic mass is 35.5. The lowest BCUT2D eigenvalue weighted by Crippen LogP contribution is -2.23. The Hall–Kier alpha value is -1.60. The highest BCUT2D eigenvalue weighted by Crippen LogP contribution is 2.23. The van der Waals surface area contributed by atoms with Crippen LogP contribution in [0.1, 0.15) is 11.1 Å². The third-order valence-electron chi connectivity index (χ3n) is 2.89. The van der Waals surface area contributed by atoms with E-state index in [1.54, 1.807) is 24.3 Å². The van der Waals surface area contributed by atoms with E-state index in [1.807, 2.05) is 0 Å². The fourth-order valence-electron chi connectivity index (χ4n) is 1.83. The van der Waals surface area contributed by atoms with Crippen LogP contribution in [0.5, 0.6) is 0 Å². The molecule has 0 aliphatic rings. The smallest absolute Gasteiger partial charge is 0.242 e. The zero-order chi connectivity index (χ0) is 15.5. The van der Waals surface area contributed by atoms with E-state index in [9.17, 15) is 8.42 Å². The van der Waals surface area contributed by atoms with E-state index in [2.05, 4.69) is 4.72 Å². The van der Waals surface area contributed by atoms with E-state index in [-0.39, 0.29) is 23.1 Å². The maximum Gasteiger partial charge on any atom is 0.242 e. The molecule has 0 unspecified atom stereocenters. The largest absolute Gasteiger partial charge is 0.399 e. The third-order valence-corrected chi connectivity index (χ3v) is 4.77. The molecule has 0 heterocycles. The summed E-state index contributed by atoms with van der Waals surface area (Å²) in [7, 11) is -3.73. The molecule has 2 rings (SSSR count). The summed E-state index contributed by atoms with van der Waals surface area (Å²) in [6.45, 7) is 0.0151. The third kappa shape index (κ3) is 3.95. The van der Waals surface area contributed by atoms with Crippen LogP contribution < -0.4 is 10.5 Å². The maximum atomic E-state index is 12.2. The number of benzene rings is 2. The number of nitrogens with one attached hydrogen (secondary N) is 1. The summed E-state index contributed by atoms with van der Waals surface area (Å²) in [5, 5.41) is 9.14. The van der Waals surface area contributed by atoms with Crippen LogP contribution in [0.25, 0.3) is 0 Å². The monoisotopic (exact) mass is 326 g/mol. The Kier molecular flexibility index (Phi) is 4.84. The quantitative estimate of drug-likeness (QED) is 0.732. The van der Waals surface area contributed by atoms with Gasteiger partial charge in [-0.2, -0.15) is 0 Å². The second kappa shape index (κ2) is 6.44. The highest BCUT2D eigenvalue weighted by Gasteiger charge is 2.17. The predicted molar refractivity (Wildman–Crippen MR) is 82.3 cm³/mol. The number of hydrogen-bond acceptors (Lipinski definition) is 4. The summed E-state index contributed by atoms with van der Waals surface area (Å²) in [5.74, 6) is 0. The molecule has 0 saturated heterocycles. The molecule has 0 saturated carbocycles. The van der Waals surface area contributed by atoms with Crippen molar-refractivity contribution in [2.75, 3.05) is 5.73 Å². The molecule has 0 fully saturated rings. The number of anilines is 1. The molecule has 0 radical (unpaired) electrons. The fraction of sp³-hybridized carbons (Fsp3) is 0.143. The summed E-state index contributed by atoms with van der Waals surface area (Å²) < 4.78 is 26.9. The van der Waals surface area contributed by atoms with Gasteiger partial charge in [0.05, 0.1) is 11.6 Å². The van der Waals surface area contributed by atoms with Crippen LogP contribution in [0, 0.1) is 0 Å². The van der Waals surface area contributed by atoms with Gasteiger partial charge in [0.2, 0.25) is 10.0 Å². The van der Waals surface area contributed by atoms with Crippen LogP contribution >= 0.6 is 11.6 Å². The fourth-order valence-corrected chi connectivity index (χ4v) is 3.40. The van der Waals surface area contributed by atoms with E-state index in [0.29, 0.717) is 5.69 Å². The van der Waals surface area contributed by atoms with Gasteiger partial charge in [0.25, 0.3) is 0 Å². The lowest BCUT2D eigenvalue weighted by atomic mass is 10.1. The van der Waals surface area contributed by atoms with Crippen molar-refractivity contribution in [2.24, 2.45) is 0 Å². The van der Waals surface area contributed by atoms with Crippen molar-refractivity contribution < 1.29 is 13.5 Å². The van der Waals surface area contributed by atoms with Gasteiger partial charge in [-0.05, 0) is 29.3 Å². The molecule has 21 heavy (non-hydrogen) atoms. The zero-order valence-electron chi connectivity index (χ0n) is 11.1. The topological polar surface area (TPSA) is 92.4 Å². The molecule has 0 bridgehead atoms. The first kappa shape index (κ1) is 15.8. The molecule has 4 N–H and O–H groups in total. The predicted octanol–water partition coefficient (Wildman–Crippen LogP) is 1.89. The number of nitrogens with two attached hydrogens (primary N) is 1. The minimum atomic E-state index is -3.73. The minimum Gasteiger partial charge on any atom is -0.399 e. The van der Waals surface area contributed by atoms with E-state index in [4.69, 9.17) is 22.4 Å². The summed E-state index contributed by atoms with van der Waals surface area (Å²) in [6, 6.07) is 11.2. The Bertz CT molecular complexity index is 748. The number of nitrogen functional groups attached to an aromatic ring is 1. The van der Waals surface area contributed by atoms with Crippen molar-refractivity contribution in [3.8, 4) is 0 Å². The van der Waals surface area contributed by atoms with Crippen LogP contribution in [0.15, 0.2) is 47.4 Å². The normalized spacial score (nSPS) is 11.5. The van der Waals surface area contributed by atoms with Crippen molar-refractivity contribution in [1.29, 1.82) is 0 Å². The Morgan fingerprint density at radius 2 is 1.86 bits per heavy atom. The van der Waals surface area contributed by atoms with Gasteiger partial charge in [-0.25, -0.2) is 13.1 Å². The Balaban J connectivity index is 2.17. The van der Waals surface area contributed by atoms with Crippen LogP contribution in [-0.2, 0) is 23.2 Å². The average molecular weight is 327 g/mol.